The van der Waals surface area contributed by atoms with Crippen molar-refractivity contribution in [3.63, 3.8) is 0 Å². The predicted octanol–water partition coefficient (Wildman–Crippen LogP) is 2.00. The van der Waals surface area contributed by atoms with Crippen LogP contribution in [-0.2, 0) is 20.8 Å². The van der Waals surface area contributed by atoms with Gasteiger partial charge in [-0.2, -0.15) is 0 Å². The van der Waals surface area contributed by atoms with Gasteiger partial charge in [0.15, 0.2) is 0 Å². The number of benzene rings is 1. The van der Waals surface area contributed by atoms with Crippen LogP contribution in [0.5, 0.6) is 0 Å². The van der Waals surface area contributed by atoms with Crippen LogP contribution in [0, 0.1) is 0 Å². The van der Waals surface area contributed by atoms with Crippen LogP contribution in [0.25, 0.3) is 0 Å². The summed E-state index contributed by atoms with van der Waals surface area (Å²) in [6, 6.07) is 12.8. The Morgan fingerprint density at radius 3 is 2.60 bits per heavy atom. The quantitative estimate of drug-likeness (QED) is 0.792. The molecule has 0 saturated carbocycles. The molecule has 3 rings (SSSR count). The lowest BCUT2D eigenvalue weighted by molar-refractivity contribution is -0.136. The Kier molecular flexibility index (Phi) is 7.94. The van der Waals surface area contributed by atoms with Crippen LogP contribution in [0.2, 0.25) is 0 Å². The number of hydrogen-bond acceptors (Lipinski definition) is 4. The summed E-state index contributed by atoms with van der Waals surface area (Å²) < 4.78 is 0. The second kappa shape index (κ2) is 11.1. The zero-order valence-electron chi connectivity index (χ0n) is 17.0. The smallest absolute Gasteiger partial charge is 0.242 e. The van der Waals surface area contributed by atoms with Crippen LogP contribution >= 0.6 is 0 Å². The largest absolute Gasteiger partial charge is 0.356 e. The molecule has 1 unspecified atom stereocenters. The van der Waals surface area contributed by atoms with E-state index >= 15 is 0 Å². The molecule has 1 fully saturated rings. The first kappa shape index (κ1) is 21.5. The fourth-order valence-corrected chi connectivity index (χ4v) is 3.62. The average molecular weight is 409 g/mol. The van der Waals surface area contributed by atoms with Gasteiger partial charge in [-0.1, -0.05) is 30.3 Å². The number of pyridine rings is 1. The molecule has 0 aliphatic carbocycles. The summed E-state index contributed by atoms with van der Waals surface area (Å²) in [5.41, 5.74) is 1.76. The molecule has 1 atom stereocenters. The molecule has 7 nitrogen and oxygen atoms in total. The molecule has 2 N–H and O–H groups in total. The van der Waals surface area contributed by atoms with E-state index in [1.54, 1.807) is 29.4 Å². The van der Waals surface area contributed by atoms with Gasteiger partial charge in [0.2, 0.25) is 17.7 Å². The molecule has 2 heterocycles. The maximum Gasteiger partial charge on any atom is 0.242 e. The Bertz CT molecular complexity index is 842. The minimum Gasteiger partial charge on any atom is -0.356 e. The maximum absolute atomic E-state index is 13.1. The summed E-state index contributed by atoms with van der Waals surface area (Å²) in [6.07, 6.45) is 6.35. The highest BCUT2D eigenvalue weighted by atomic mass is 16.2. The van der Waals surface area contributed by atoms with Gasteiger partial charge in [-0.05, 0) is 42.5 Å². The van der Waals surface area contributed by atoms with Crippen LogP contribution in [0.3, 0.4) is 0 Å². The Morgan fingerprint density at radius 1 is 1.07 bits per heavy atom. The van der Waals surface area contributed by atoms with Gasteiger partial charge in [0.05, 0.1) is 25.4 Å². The summed E-state index contributed by atoms with van der Waals surface area (Å²) in [5, 5.41) is 5.66. The SMILES string of the molecule is O=C(Cc1ccncc1)NCC(=O)N1CCCCCNC(=O)CC1c1ccccc1. The Labute approximate surface area is 176 Å². The fraction of sp³-hybridized carbons (Fsp3) is 0.391. The van der Waals surface area contributed by atoms with Gasteiger partial charge in [-0.25, -0.2) is 0 Å². The number of nitrogens with one attached hydrogen (secondary N) is 2. The van der Waals surface area contributed by atoms with Crippen LogP contribution < -0.4 is 10.6 Å². The molecule has 0 spiro atoms. The van der Waals surface area contributed by atoms with Gasteiger partial charge in [-0.3, -0.25) is 19.4 Å². The molecule has 1 aliphatic heterocycles. The zero-order valence-corrected chi connectivity index (χ0v) is 17.0. The van der Waals surface area contributed by atoms with E-state index in [-0.39, 0.29) is 43.1 Å². The molecule has 158 valence electrons. The van der Waals surface area contributed by atoms with Crippen LogP contribution in [-0.4, -0.2) is 47.2 Å². The lowest BCUT2D eigenvalue weighted by Gasteiger charge is -2.33. The van der Waals surface area contributed by atoms with Crippen LogP contribution in [0.1, 0.15) is 42.9 Å². The third kappa shape index (κ3) is 6.40. The van der Waals surface area contributed by atoms with Gasteiger partial charge < -0.3 is 15.5 Å². The molecule has 3 amide bonds. The molecule has 30 heavy (non-hydrogen) atoms. The van der Waals surface area contributed by atoms with Crippen molar-refractivity contribution < 1.29 is 14.4 Å². The van der Waals surface area contributed by atoms with E-state index in [1.807, 2.05) is 30.3 Å². The van der Waals surface area contributed by atoms with Crippen molar-refractivity contribution in [1.82, 2.24) is 20.5 Å². The normalized spacial score (nSPS) is 17.7. The van der Waals surface area contributed by atoms with E-state index in [0.29, 0.717) is 13.1 Å². The molecule has 1 aromatic carbocycles. The molecule has 0 bridgehead atoms. The van der Waals surface area contributed by atoms with Gasteiger partial charge in [0.25, 0.3) is 0 Å². The van der Waals surface area contributed by atoms with E-state index in [0.717, 1.165) is 30.4 Å². The number of nitrogens with zero attached hydrogens (tertiary/aromatic N) is 2. The minimum atomic E-state index is -0.353. The predicted molar refractivity (Wildman–Crippen MR) is 113 cm³/mol. The van der Waals surface area contributed by atoms with Crippen molar-refractivity contribution in [2.45, 2.75) is 38.1 Å². The second-order valence-electron chi connectivity index (χ2n) is 7.44. The molecular weight excluding hydrogens is 380 g/mol. The van der Waals surface area contributed by atoms with E-state index in [2.05, 4.69) is 15.6 Å². The first-order chi connectivity index (χ1) is 14.6. The molecule has 7 heteroatoms. The van der Waals surface area contributed by atoms with Crippen molar-refractivity contribution in [3.8, 4) is 0 Å². The van der Waals surface area contributed by atoms with Gasteiger partial charge >= 0.3 is 0 Å². The summed E-state index contributed by atoms with van der Waals surface area (Å²) in [4.78, 5) is 43.4. The minimum absolute atomic E-state index is 0.0646. The summed E-state index contributed by atoms with van der Waals surface area (Å²) in [7, 11) is 0. The molecular formula is C23H28N4O3. The Hall–Kier alpha value is -3.22. The van der Waals surface area contributed by atoms with Crippen molar-refractivity contribution in [1.29, 1.82) is 0 Å². The number of carbonyl (C=O) groups is 3. The molecule has 2 aromatic rings. The standard InChI is InChI=1S/C23H28N4O3/c28-21(15-18-9-12-24-13-10-18)26-17-23(30)27-14-6-2-5-11-25-22(29)16-20(27)19-7-3-1-4-8-19/h1,3-4,7-10,12-13,20H,2,5-6,11,14-17H2,(H,25,29)(H,26,28). The highest BCUT2D eigenvalue weighted by molar-refractivity contribution is 5.86. The van der Waals surface area contributed by atoms with Gasteiger partial charge in [-0.15, -0.1) is 0 Å². The first-order valence-electron chi connectivity index (χ1n) is 10.4. The van der Waals surface area contributed by atoms with E-state index in [1.165, 1.54) is 0 Å². The van der Waals surface area contributed by atoms with Gasteiger partial charge in [0.1, 0.15) is 0 Å². The molecule has 1 aromatic heterocycles. The number of aromatic nitrogens is 1. The second-order valence-corrected chi connectivity index (χ2v) is 7.44. The zero-order chi connectivity index (χ0) is 21.2. The van der Waals surface area contributed by atoms with Crippen LogP contribution in [0.15, 0.2) is 54.9 Å². The summed E-state index contributed by atoms with van der Waals surface area (Å²) in [5.74, 6) is -0.463. The maximum atomic E-state index is 13.1. The Balaban J connectivity index is 1.69. The molecule has 1 saturated heterocycles. The third-order valence-electron chi connectivity index (χ3n) is 5.21. The van der Waals surface area contributed by atoms with Crippen molar-refractivity contribution in [2.75, 3.05) is 19.6 Å². The van der Waals surface area contributed by atoms with Crippen molar-refractivity contribution in [2.24, 2.45) is 0 Å². The topological polar surface area (TPSA) is 91.4 Å². The number of amides is 3. The summed E-state index contributed by atoms with van der Waals surface area (Å²) >= 11 is 0. The average Bonchev–Trinajstić information content (AvgIpc) is 2.77. The summed E-state index contributed by atoms with van der Waals surface area (Å²) in [6.45, 7) is 1.14. The van der Waals surface area contributed by atoms with Crippen molar-refractivity contribution >= 4 is 17.7 Å². The number of carbonyl (C=O) groups excluding carboxylic acids is 3. The highest BCUT2D eigenvalue weighted by Gasteiger charge is 2.27. The third-order valence-corrected chi connectivity index (χ3v) is 5.21. The van der Waals surface area contributed by atoms with E-state index in [4.69, 9.17) is 0 Å². The lowest BCUT2D eigenvalue weighted by Crippen LogP contribution is -2.44. The number of rotatable bonds is 5. The van der Waals surface area contributed by atoms with E-state index in [9.17, 15) is 14.4 Å². The molecule has 1 aliphatic rings. The fourth-order valence-electron chi connectivity index (χ4n) is 3.62. The monoisotopic (exact) mass is 408 g/mol. The highest BCUT2D eigenvalue weighted by Crippen LogP contribution is 2.25. The van der Waals surface area contributed by atoms with Crippen molar-refractivity contribution in [3.05, 3.63) is 66.0 Å². The number of hydrogen-bond donors (Lipinski definition) is 2. The lowest BCUT2D eigenvalue weighted by atomic mass is 10.00. The van der Waals surface area contributed by atoms with Crippen LogP contribution in [0.4, 0.5) is 0 Å². The van der Waals surface area contributed by atoms with Gasteiger partial charge in [0, 0.05) is 25.5 Å². The Morgan fingerprint density at radius 2 is 1.83 bits per heavy atom. The first-order valence-corrected chi connectivity index (χ1v) is 10.4. The van der Waals surface area contributed by atoms with E-state index < -0.39 is 0 Å². The molecule has 0 radical (unpaired) electrons.